The van der Waals surface area contributed by atoms with Crippen LogP contribution in [-0.2, 0) is 11.2 Å². The Labute approximate surface area is 122 Å². The molecule has 1 aliphatic rings. The summed E-state index contributed by atoms with van der Waals surface area (Å²) in [6.45, 7) is 0.0650. The largest absolute Gasteiger partial charge is 0.457 e. The molecule has 1 unspecified atom stereocenters. The maximum atomic E-state index is 11.5. The molecule has 5 nitrogen and oxygen atoms in total. The van der Waals surface area contributed by atoms with Crippen molar-refractivity contribution >= 4 is 11.6 Å². The summed E-state index contributed by atoms with van der Waals surface area (Å²) in [7, 11) is 0. The first-order chi connectivity index (χ1) is 10.2. The molecule has 0 radical (unpaired) electrons. The number of fused-ring (bicyclic) bond motifs is 1. The molecule has 21 heavy (non-hydrogen) atoms. The van der Waals surface area contributed by atoms with Gasteiger partial charge in [0.1, 0.15) is 17.5 Å². The van der Waals surface area contributed by atoms with Crippen LogP contribution in [0.4, 0.5) is 5.69 Å². The predicted octanol–water partition coefficient (Wildman–Crippen LogP) is 1.97. The zero-order valence-electron chi connectivity index (χ0n) is 11.4. The standard InChI is InChI=1S/C16H16N2O3/c17-15-12-6-5-11(9-13(12)18-16(15)20)21-14-4-2-1-3-10(14)7-8-19/h1-6,9,15,19H,7-8,17H2,(H,18,20). The van der Waals surface area contributed by atoms with Gasteiger partial charge >= 0.3 is 0 Å². The number of aliphatic hydroxyl groups is 1. The number of ether oxygens (including phenoxy) is 1. The van der Waals surface area contributed by atoms with Gasteiger partial charge in [-0.25, -0.2) is 0 Å². The fraction of sp³-hybridized carbons (Fsp3) is 0.188. The molecule has 2 aromatic carbocycles. The van der Waals surface area contributed by atoms with Crippen LogP contribution in [0.15, 0.2) is 42.5 Å². The van der Waals surface area contributed by atoms with Crippen molar-refractivity contribution in [2.24, 2.45) is 5.73 Å². The fourth-order valence-corrected chi connectivity index (χ4v) is 2.39. The van der Waals surface area contributed by atoms with Gasteiger partial charge in [-0.3, -0.25) is 4.79 Å². The third-order valence-corrected chi connectivity index (χ3v) is 3.48. The lowest BCUT2D eigenvalue weighted by molar-refractivity contribution is -0.116. The molecule has 1 aliphatic heterocycles. The first-order valence-corrected chi connectivity index (χ1v) is 6.76. The zero-order chi connectivity index (χ0) is 14.8. The molecule has 0 spiro atoms. The summed E-state index contributed by atoms with van der Waals surface area (Å²) >= 11 is 0. The minimum absolute atomic E-state index is 0.0650. The lowest BCUT2D eigenvalue weighted by Crippen LogP contribution is -2.19. The average molecular weight is 284 g/mol. The van der Waals surface area contributed by atoms with E-state index >= 15 is 0 Å². The highest BCUT2D eigenvalue weighted by Crippen LogP contribution is 2.34. The molecule has 0 aromatic heterocycles. The number of benzene rings is 2. The number of aliphatic hydroxyl groups excluding tert-OH is 1. The number of rotatable bonds is 4. The molecule has 4 N–H and O–H groups in total. The van der Waals surface area contributed by atoms with Crippen molar-refractivity contribution < 1.29 is 14.6 Å². The van der Waals surface area contributed by atoms with Crippen molar-refractivity contribution in [2.45, 2.75) is 12.5 Å². The fourth-order valence-electron chi connectivity index (χ4n) is 2.39. The smallest absolute Gasteiger partial charge is 0.245 e. The van der Waals surface area contributed by atoms with Crippen molar-refractivity contribution in [1.82, 2.24) is 0 Å². The Balaban J connectivity index is 1.87. The quantitative estimate of drug-likeness (QED) is 0.801. The van der Waals surface area contributed by atoms with Crippen LogP contribution in [0.25, 0.3) is 0 Å². The first kappa shape index (κ1) is 13.6. The number of carbonyl (C=O) groups is 1. The second-order valence-electron chi connectivity index (χ2n) is 4.90. The van der Waals surface area contributed by atoms with Crippen molar-refractivity contribution in [2.75, 3.05) is 11.9 Å². The molecule has 1 atom stereocenters. The van der Waals surface area contributed by atoms with Gasteiger partial charge < -0.3 is 20.9 Å². The Morgan fingerprint density at radius 1 is 1.24 bits per heavy atom. The highest BCUT2D eigenvalue weighted by atomic mass is 16.5. The Morgan fingerprint density at radius 2 is 2.05 bits per heavy atom. The second kappa shape index (κ2) is 5.55. The van der Waals surface area contributed by atoms with Crippen LogP contribution in [0, 0.1) is 0 Å². The van der Waals surface area contributed by atoms with E-state index in [2.05, 4.69) is 5.32 Å². The molecular weight excluding hydrogens is 268 g/mol. The lowest BCUT2D eigenvalue weighted by atomic mass is 10.1. The molecule has 1 amide bonds. The summed E-state index contributed by atoms with van der Waals surface area (Å²) in [6, 6.07) is 12.3. The Morgan fingerprint density at radius 3 is 2.86 bits per heavy atom. The number of nitrogens with one attached hydrogen (secondary N) is 1. The number of amides is 1. The molecule has 0 aliphatic carbocycles. The van der Waals surface area contributed by atoms with Gasteiger partial charge in [-0.2, -0.15) is 0 Å². The van der Waals surface area contributed by atoms with E-state index in [-0.39, 0.29) is 12.5 Å². The van der Waals surface area contributed by atoms with E-state index in [9.17, 15) is 4.79 Å². The van der Waals surface area contributed by atoms with Crippen molar-refractivity contribution in [3.63, 3.8) is 0 Å². The summed E-state index contributed by atoms with van der Waals surface area (Å²) in [6.07, 6.45) is 0.530. The maximum absolute atomic E-state index is 11.5. The molecule has 2 aromatic rings. The summed E-state index contributed by atoms with van der Waals surface area (Å²) < 4.78 is 5.85. The molecule has 108 valence electrons. The van der Waals surface area contributed by atoms with Gasteiger partial charge in [-0.15, -0.1) is 0 Å². The van der Waals surface area contributed by atoms with Crippen LogP contribution < -0.4 is 15.8 Å². The number of para-hydroxylation sites is 1. The van der Waals surface area contributed by atoms with Gasteiger partial charge in [0, 0.05) is 23.9 Å². The van der Waals surface area contributed by atoms with E-state index in [1.165, 1.54) is 0 Å². The lowest BCUT2D eigenvalue weighted by Gasteiger charge is -2.11. The number of carbonyl (C=O) groups excluding carboxylic acids is 1. The van der Waals surface area contributed by atoms with Crippen LogP contribution >= 0.6 is 0 Å². The van der Waals surface area contributed by atoms with Gasteiger partial charge in [-0.05, 0) is 24.1 Å². The number of hydrogen-bond acceptors (Lipinski definition) is 4. The maximum Gasteiger partial charge on any atom is 0.245 e. The topological polar surface area (TPSA) is 84.6 Å². The summed E-state index contributed by atoms with van der Waals surface area (Å²) in [5, 5.41) is 11.8. The van der Waals surface area contributed by atoms with Gasteiger partial charge in [0.25, 0.3) is 0 Å². The SMILES string of the molecule is NC1C(=O)Nc2cc(Oc3ccccc3CCO)ccc21. The highest BCUT2D eigenvalue weighted by Gasteiger charge is 2.27. The van der Waals surface area contributed by atoms with Crippen LogP contribution in [0.1, 0.15) is 17.2 Å². The summed E-state index contributed by atoms with van der Waals surface area (Å²) in [4.78, 5) is 11.5. The average Bonchev–Trinajstić information content (AvgIpc) is 2.76. The highest BCUT2D eigenvalue weighted by molar-refractivity contribution is 6.02. The third kappa shape index (κ3) is 2.61. The van der Waals surface area contributed by atoms with E-state index < -0.39 is 6.04 Å². The van der Waals surface area contributed by atoms with E-state index in [0.29, 0.717) is 23.6 Å². The number of hydrogen-bond donors (Lipinski definition) is 3. The van der Waals surface area contributed by atoms with Crippen LogP contribution in [0.3, 0.4) is 0 Å². The Bertz CT molecular complexity index is 685. The number of anilines is 1. The monoisotopic (exact) mass is 284 g/mol. The van der Waals surface area contributed by atoms with Crippen LogP contribution in [0.5, 0.6) is 11.5 Å². The van der Waals surface area contributed by atoms with Crippen LogP contribution in [-0.4, -0.2) is 17.6 Å². The molecule has 1 heterocycles. The van der Waals surface area contributed by atoms with E-state index in [4.69, 9.17) is 15.6 Å². The molecule has 3 rings (SSSR count). The van der Waals surface area contributed by atoms with E-state index in [1.54, 1.807) is 18.2 Å². The van der Waals surface area contributed by atoms with Gasteiger partial charge in [-0.1, -0.05) is 24.3 Å². The van der Waals surface area contributed by atoms with Crippen LogP contribution in [0.2, 0.25) is 0 Å². The molecule has 0 fully saturated rings. The predicted molar refractivity (Wildman–Crippen MR) is 79.3 cm³/mol. The second-order valence-corrected chi connectivity index (χ2v) is 4.90. The normalized spacial score (nSPS) is 16.5. The van der Waals surface area contributed by atoms with Crippen molar-refractivity contribution in [1.29, 1.82) is 0 Å². The molecule has 5 heteroatoms. The van der Waals surface area contributed by atoms with Gasteiger partial charge in [0.15, 0.2) is 0 Å². The summed E-state index contributed by atoms with van der Waals surface area (Å²) in [5.74, 6) is 1.11. The van der Waals surface area contributed by atoms with Gasteiger partial charge in [0.05, 0.1) is 0 Å². The molecule has 0 saturated heterocycles. The summed E-state index contributed by atoms with van der Waals surface area (Å²) in [5.41, 5.74) is 8.17. The third-order valence-electron chi connectivity index (χ3n) is 3.48. The van der Waals surface area contributed by atoms with E-state index in [1.807, 2.05) is 24.3 Å². The van der Waals surface area contributed by atoms with Crippen molar-refractivity contribution in [3.05, 3.63) is 53.6 Å². The Hall–Kier alpha value is -2.37. The zero-order valence-corrected chi connectivity index (χ0v) is 11.4. The van der Waals surface area contributed by atoms with E-state index in [0.717, 1.165) is 11.1 Å². The Kier molecular flexibility index (Phi) is 3.60. The molecular formula is C16H16N2O3. The molecule has 0 saturated carbocycles. The number of nitrogens with two attached hydrogens (primary N) is 1. The molecule has 0 bridgehead atoms. The van der Waals surface area contributed by atoms with Crippen molar-refractivity contribution in [3.8, 4) is 11.5 Å². The minimum Gasteiger partial charge on any atom is -0.457 e. The van der Waals surface area contributed by atoms with Gasteiger partial charge in [0.2, 0.25) is 5.91 Å². The minimum atomic E-state index is -0.615. The first-order valence-electron chi connectivity index (χ1n) is 6.76.